The Kier molecular flexibility index (Phi) is 3.01. The van der Waals surface area contributed by atoms with Gasteiger partial charge >= 0.3 is 0 Å². The molecule has 2 rings (SSSR count). The van der Waals surface area contributed by atoms with Gasteiger partial charge in [-0.05, 0) is 44.0 Å². The molecular weight excluding hydrogens is 214 g/mol. The summed E-state index contributed by atoms with van der Waals surface area (Å²) >= 11 is 0. The lowest BCUT2D eigenvalue weighted by molar-refractivity contribution is -0.123. The summed E-state index contributed by atoms with van der Waals surface area (Å²) in [6.45, 7) is 6.16. The molecule has 0 radical (unpaired) electrons. The van der Waals surface area contributed by atoms with Gasteiger partial charge in [0.05, 0.1) is 0 Å². The molecule has 1 saturated heterocycles. The highest BCUT2D eigenvalue weighted by Crippen LogP contribution is 2.27. The van der Waals surface area contributed by atoms with Crippen LogP contribution in [0.2, 0.25) is 0 Å². The molecule has 0 saturated carbocycles. The first-order chi connectivity index (χ1) is 7.99. The van der Waals surface area contributed by atoms with E-state index in [2.05, 4.69) is 0 Å². The van der Waals surface area contributed by atoms with Gasteiger partial charge in [0, 0.05) is 24.6 Å². The molecule has 1 amide bonds. The molecule has 3 nitrogen and oxygen atoms in total. The van der Waals surface area contributed by atoms with Gasteiger partial charge in [0.25, 0.3) is 0 Å². The van der Waals surface area contributed by atoms with E-state index < -0.39 is 0 Å². The minimum Gasteiger partial charge on any atom is -0.312 e. The number of anilines is 1. The van der Waals surface area contributed by atoms with Crippen molar-refractivity contribution in [2.24, 2.45) is 5.92 Å². The number of carbonyl (C=O) groups is 2. The summed E-state index contributed by atoms with van der Waals surface area (Å²) in [7, 11) is 0. The van der Waals surface area contributed by atoms with E-state index in [1.165, 1.54) is 11.1 Å². The molecule has 1 unspecified atom stereocenters. The van der Waals surface area contributed by atoms with Crippen LogP contribution in [0.4, 0.5) is 5.69 Å². The van der Waals surface area contributed by atoms with E-state index in [0.29, 0.717) is 13.0 Å². The Balaban J connectivity index is 2.26. The zero-order valence-electron chi connectivity index (χ0n) is 10.5. The molecule has 1 heterocycles. The first-order valence-corrected chi connectivity index (χ1v) is 5.87. The highest BCUT2D eigenvalue weighted by Gasteiger charge is 2.33. The van der Waals surface area contributed by atoms with Crippen LogP contribution in [0.15, 0.2) is 18.2 Å². The average Bonchev–Trinajstić information content (AvgIpc) is 2.65. The van der Waals surface area contributed by atoms with Gasteiger partial charge in [-0.3, -0.25) is 9.59 Å². The molecule has 0 spiro atoms. The molecule has 1 atom stereocenters. The SMILES string of the molecule is CC(=O)C1CC(=O)N(c2ccc(C)c(C)c2)C1. The number of hydrogen-bond acceptors (Lipinski definition) is 2. The molecule has 17 heavy (non-hydrogen) atoms. The fourth-order valence-electron chi connectivity index (χ4n) is 2.12. The number of nitrogens with zero attached hydrogens (tertiary/aromatic N) is 1. The maximum atomic E-state index is 11.9. The summed E-state index contributed by atoms with van der Waals surface area (Å²) in [4.78, 5) is 24.9. The number of carbonyl (C=O) groups excluding carboxylic acids is 2. The van der Waals surface area contributed by atoms with Crippen molar-refractivity contribution in [2.75, 3.05) is 11.4 Å². The minimum absolute atomic E-state index is 0.0495. The number of rotatable bonds is 2. The molecule has 3 heteroatoms. The first kappa shape index (κ1) is 11.8. The predicted molar refractivity (Wildman–Crippen MR) is 67.1 cm³/mol. The lowest BCUT2D eigenvalue weighted by Gasteiger charge is -2.17. The summed E-state index contributed by atoms with van der Waals surface area (Å²) in [5.74, 6) is 0.0160. The lowest BCUT2D eigenvalue weighted by atomic mass is 10.1. The number of Topliss-reactive ketones (excluding diaryl/α,β-unsaturated/α-hetero) is 1. The fraction of sp³-hybridized carbons (Fsp3) is 0.429. The van der Waals surface area contributed by atoms with Crippen LogP contribution in [0.1, 0.15) is 24.5 Å². The Labute approximate surface area is 101 Å². The van der Waals surface area contributed by atoms with Crippen LogP contribution in [-0.4, -0.2) is 18.2 Å². The van der Waals surface area contributed by atoms with Crippen molar-refractivity contribution in [1.29, 1.82) is 0 Å². The number of ketones is 1. The van der Waals surface area contributed by atoms with Crippen molar-refractivity contribution >= 4 is 17.4 Å². The van der Waals surface area contributed by atoms with Gasteiger partial charge in [-0.2, -0.15) is 0 Å². The first-order valence-electron chi connectivity index (χ1n) is 5.87. The van der Waals surface area contributed by atoms with Crippen LogP contribution >= 0.6 is 0 Å². The van der Waals surface area contributed by atoms with Crippen LogP contribution in [0.3, 0.4) is 0 Å². The molecule has 1 fully saturated rings. The Morgan fingerprint density at radius 3 is 2.53 bits per heavy atom. The van der Waals surface area contributed by atoms with Crippen LogP contribution in [0.25, 0.3) is 0 Å². The maximum absolute atomic E-state index is 11.9. The highest BCUT2D eigenvalue weighted by atomic mass is 16.2. The molecule has 1 aromatic carbocycles. The Bertz CT molecular complexity index is 479. The molecule has 1 aliphatic heterocycles. The molecule has 0 aromatic heterocycles. The van der Waals surface area contributed by atoms with Crippen molar-refractivity contribution in [3.8, 4) is 0 Å². The van der Waals surface area contributed by atoms with Gasteiger partial charge in [-0.25, -0.2) is 0 Å². The largest absolute Gasteiger partial charge is 0.312 e. The number of benzene rings is 1. The van der Waals surface area contributed by atoms with Crippen LogP contribution < -0.4 is 4.90 Å². The minimum atomic E-state index is -0.135. The lowest BCUT2D eigenvalue weighted by Crippen LogP contribution is -2.25. The third-order valence-corrected chi connectivity index (χ3v) is 3.50. The Hall–Kier alpha value is -1.64. The second kappa shape index (κ2) is 4.32. The van der Waals surface area contributed by atoms with Crippen molar-refractivity contribution in [3.05, 3.63) is 29.3 Å². The molecule has 0 bridgehead atoms. The van der Waals surface area contributed by atoms with Crippen LogP contribution in [0, 0.1) is 19.8 Å². The third-order valence-electron chi connectivity index (χ3n) is 3.50. The average molecular weight is 231 g/mol. The fourth-order valence-corrected chi connectivity index (χ4v) is 2.12. The second-order valence-corrected chi connectivity index (χ2v) is 4.78. The quantitative estimate of drug-likeness (QED) is 0.782. The molecule has 0 N–H and O–H groups in total. The van der Waals surface area contributed by atoms with Gasteiger partial charge in [-0.15, -0.1) is 0 Å². The molecular formula is C14H17NO2. The molecule has 0 aliphatic carbocycles. The predicted octanol–water partition coefficient (Wildman–Crippen LogP) is 2.25. The Morgan fingerprint density at radius 2 is 2.00 bits per heavy atom. The third kappa shape index (κ3) is 2.23. The zero-order valence-corrected chi connectivity index (χ0v) is 10.5. The maximum Gasteiger partial charge on any atom is 0.227 e. The number of hydrogen-bond donors (Lipinski definition) is 0. The van der Waals surface area contributed by atoms with Crippen molar-refractivity contribution in [1.82, 2.24) is 0 Å². The van der Waals surface area contributed by atoms with E-state index in [0.717, 1.165) is 5.69 Å². The highest BCUT2D eigenvalue weighted by molar-refractivity contribution is 6.00. The van der Waals surface area contributed by atoms with E-state index >= 15 is 0 Å². The monoisotopic (exact) mass is 231 g/mol. The summed E-state index contributed by atoms with van der Waals surface area (Å²) in [6, 6.07) is 5.97. The van der Waals surface area contributed by atoms with Crippen molar-refractivity contribution in [2.45, 2.75) is 27.2 Å². The topological polar surface area (TPSA) is 37.4 Å². The molecule has 90 valence electrons. The summed E-state index contributed by atoms with van der Waals surface area (Å²) in [5.41, 5.74) is 3.28. The second-order valence-electron chi connectivity index (χ2n) is 4.78. The van der Waals surface area contributed by atoms with E-state index in [1.807, 2.05) is 32.0 Å². The van der Waals surface area contributed by atoms with Crippen molar-refractivity contribution < 1.29 is 9.59 Å². The summed E-state index contributed by atoms with van der Waals surface area (Å²) in [5, 5.41) is 0. The number of aryl methyl sites for hydroxylation is 2. The van der Waals surface area contributed by atoms with Crippen LogP contribution in [-0.2, 0) is 9.59 Å². The van der Waals surface area contributed by atoms with Gasteiger partial charge in [0.1, 0.15) is 5.78 Å². The van der Waals surface area contributed by atoms with Gasteiger partial charge < -0.3 is 4.90 Å². The zero-order chi connectivity index (χ0) is 12.6. The smallest absolute Gasteiger partial charge is 0.227 e. The summed E-state index contributed by atoms with van der Waals surface area (Å²) in [6.07, 6.45) is 0.349. The van der Waals surface area contributed by atoms with Crippen molar-refractivity contribution in [3.63, 3.8) is 0 Å². The van der Waals surface area contributed by atoms with E-state index in [9.17, 15) is 9.59 Å². The molecule has 1 aliphatic rings. The normalized spacial score (nSPS) is 19.8. The van der Waals surface area contributed by atoms with Gasteiger partial charge in [0.15, 0.2) is 0 Å². The van der Waals surface area contributed by atoms with E-state index in [4.69, 9.17) is 0 Å². The summed E-state index contributed by atoms with van der Waals surface area (Å²) < 4.78 is 0. The molecule has 1 aromatic rings. The van der Waals surface area contributed by atoms with Gasteiger partial charge in [0.2, 0.25) is 5.91 Å². The van der Waals surface area contributed by atoms with E-state index in [1.54, 1.807) is 11.8 Å². The van der Waals surface area contributed by atoms with Gasteiger partial charge in [-0.1, -0.05) is 6.07 Å². The Morgan fingerprint density at radius 1 is 1.29 bits per heavy atom. The number of amides is 1. The standard InChI is InChI=1S/C14H17NO2/c1-9-4-5-13(6-10(9)2)15-8-12(11(3)16)7-14(15)17/h4-6,12H,7-8H2,1-3H3. The van der Waals surface area contributed by atoms with Crippen LogP contribution in [0.5, 0.6) is 0 Å². The van der Waals surface area contributed by atoms with E-state index in [-0.39, 0.29) is 17.6 Å².